The molecule has 0 bridgehead atoms. The Morgan fingerprint density at radius 1 is 1.39 bits per heavy atom. The molecule has 2 heteroatoms. The Kier molecular flexibility index (Phi) is 3.67. The van der Waals surface area contributed by atoms with E-state index in [4.69, 9.17) is 5.73 Å². The molecule has 0 aliphatic heterocycles. The number of nitrogens with two attached hydrogens (primary N) is 1. The van der Waals surface area contributed by atoms with Gasteiger partial charge in [0, 0.05) is 18.3 Å². The minimum absolute atomic E-state index is 0.344. The lowest BCUT2D eigenvalue weighted by atomic mass is 9.81. The summed E-state index contributed by atoms with van der Waals surface area (Å²) in [6, 6.07) is 6.85. The van der Waals surface area contributed by atoms with Gasteiger partial charge in [-0.3, -0.25) is 0 Å². The summed E-state index contributed by atoms with van der Waals surface area (Å²) in [6.07, 6.45) is 2.35. The maximum Gasteiger partial charge on any atom is 0.0326 e. The van der Waals surface area contributed by atoms with Gasteiger partial charge in [-0.2, -0.15) is 0 Å². The fourth-order valence-corrected chi connectivity index (χ4v) is 2.44. The summed E-state index contributed by atoms with van der Waals surface area (Å²) in [7, 11) is 0. The summed E-state index contributed by atoms with van der Waals surface area (Å²) in [4.78, 5) is 0. The number of aryl methyl sites for hydroxylation is 1. The molecule has 2 nitrogen and oxygen atoms in total. The van der Waals surface area contributed by atoms with Gasteiger partial charge in [0.2, 0.25) is 0 Å². The van der Waals surface area contributed by atoms with Gasteiger partial charge in [0.25, 0.3) is 0 Å². The second-order valence-electron chi connectivity index (χ2n) is 6.57. The minimum atomic E-state index is 0.344. The fraction of sp³-hybridized carbons (Fsp3) is 0.625. The fourth-order valence-electron chi connectivity index (χ4n) is 2.44. The molecule has 0 fully saturated rings. The van der Waals surface area contributed by atoms with Crippen LogP contribution in [0.2, 0.25) is 0 Å². The Morgan fingerprint density at radius 2 is 2.11 bits per heavy atom. The molecule has 2 rings (SSSR count). The lowest BCUT2D eigenvalue weighted by Crippen LogP contribution is -2.35. The van der Waals surface area contributed by atoms with Gasteiger partial charge in [-0.15, -0.1) is 0 Å². The van der Waals surface area contributed by atoms with Crippen molar-refractivity contribution < 1.29 is 0 Å². The number of benzene rings is 1. The topological polar surface area (TPSA) is 38.0 Å². The molecule has 1 aliphatic rings. The highest BCUT2D eigenvalue weighted by molar-refractivity contribution is 5.47. The van der Waals surface area contributed by atoms with Gasteiger partial charge in [0.15, 0.2) is 0 Å². The van der Waals surface area contributed by atoms with Gasteiger partial charge >= 0.3 is 0 Å². The predicted molar refractivity (Wildman–Crippen MR) is 78.5 cm³/mol. The van der Waals surface area contributed by atoms with Crippen molar-refractivity contribution in [2.24, 2.45) is 11.3 Å². The van der Waals surface area contributed by atoms with Gasteiger partial charge in [-0.05, 0) is 47.4 Å². The Hall–Kier alpha value is -1.02. The van der Waals surface area contributed by atoms with Crippen LogP contribution in [0.25, 0.3) is 0 Å². The smallest absolute Gasteiger partial charge is 0.0326 e. The minimum Gasteiger partial charge on any atom is -0.399 e. The predicted octanol–water partition coefficient (Wildman–Crippen LogP) is 3.53. The molecule has 0 radical (unpaired) electrons. The highest BCUT2D eigenvalue weighted by Crippen LogP contribution is 2.34. The molecule has 18 heavy (non-hydrogen) atoms. The van der Waals surface area contributed by atoms with Crippen molar-refractivity contribution in [1.82, 2.24) is 5.32 Å². The van der Waals surface area contributed by atoms with Crippen LogP contribution >= 0.6 is 0 Å². The van der Waals surface area contributed by atoms with E-state index in [-0.39, 0.29) is 0 Å². The summed E-state index contributed by atoms with van der Waals surface area (Å²) >= 11 is 0. The molecule has 1 aromatic rings. The monoisotopic (exact) mass is 246 g/mol. The molecule has 3 N–H and O–H groups in total. The van der Waals surface area contributed by atoms with Crippen LogP contribution in [0.3, 0.4) is 0 Å². The van der Waals surface area contributed by atoms with Crippen LogP contribution in [0.5, 0.6) is 0 Å². The molecule has 1 aromatic carbocycles. The van der Waals surface area contributed by atoms with Crippen LogP contribution in [0.1, 0.15) is 51.3 Å². The van der Waals surface area contributed by atoms with Crippen LogP contribution < -0.4 is 11.1 Å². The number of hydrogen-bond acceptors (Lipinski definition) is 2. The third-order valence-electron chi connectivity index (χ3n) is 4.61. The number of nitrogens with one attached hydrogen (secondary N) is 1. The Bertz CT molecular complexity index is 421. The first kappa shape index (κ1) is 13.4. The lowest BCUT2D eigenvalue weighted by molar-refractivity contribution is 0.228. The zero-order chi connectivity index (χ0) is 13.3. The van der Waals surface area contributed by atoms with E-state index in [2.05, 4.69) is 45.1 Å². The van der Waals surface area contributed by atoms with Crippen LogP contribution in [0.4, 0.5) is 5.69 Å². The molecule has 0 heterocycles. The summed E-state index contributed by atoms with van der Waals surface area (Å²) in [6.45, 7) is 10.3. The summed E-state index contributed by atoms with van der Waals surface area (Å²) < 4.78 is 0. The van der Waals surface area contributed by atoms with Crippen molar-refractivity contribution in [2.45, 2.75) is 46.6 Å². The second-order valence-corrected chi connectivity index (χ2v) is 6.57. The van der Waals surface area contributed by atoms with Gasteiger partial charge < -0.3 is 11.1 Å². The van der Waals surface area contributed by atoms with Gasteiger partial charge in [-0.25, -0.2) is 0 Å². The van der Waals surface area contributed by atoms with Crippen LogP contribution in [-0.2, 0) is 6.42 Å². The van der Waals surface area contributed by atoms with E-state index in [9.17, 15) is 0 Å². The normalized spacial score (nSPS) is 19.3. The SMILES string of the molecule is CC(C)C(C)(C)CNC1CCc2cc(N)ccc21. The van der Waals surface area contributed by atoms with Gasteiger partial charge in [0.1, 0.15) is 0 Å². The molecule has 0 aromatic heterocycles. The average Bonchev–Trinajstić information content (AvgIpc) is 2.68. The van der Waals surface area contributed by atoms with E-state index in [0.717, 1.165) is 18.7 Å². The molecule has 1 aliphatic carbocycles. The van der Waals surface area contributed by atoms with Crippen molar-refractivity contribution in [2.75, 3.05) is 12.3 Å². The number of fused-ring (bicyclic) bond motifs is 1. The standard InChI is InChI=1S/C16H26N2/c1-11(2)16(3,4)10-18-15-8-5-12-9-13(17)6-7-14(12)15/h6-7,9,11,15,18H,5,8,10,17H2,1-4H3. The number of nitrogen functional groups attached to an aromatic ring is 1. The van der Waals surface area contributed by atoms with Crippen molar-refractivity contribution >= 4 is 5.69 Å². The van der Waals surface area contributed by atoms with Crippen LogP contribution in [0.15, 0.2) is 18.2 Å². The molecule has 0 saturated heterocycles. The summed E-state index contributed by atoms with van der Waals surface area (Å²) in [5.41, 5.74) is 9.94. The molecular formula is C16H26N2. The van der Waals surface area contributed by atoms with Gasteiger partial charge in [0.05, 0.1) is 0 Å². The summed E-state index contributed by atoms with van der Waals surface area (Å²) in [5.74, 6) is 0.692. The van der Waals surface area contributed by atoms with Crippen LogP contribution in [0, 0.1) is 11.3 Å². The molecule has 0 amide bonds. The molecule has 1 unspecified atom stereocenters. The van der Waals surface area contributed by atoms with E-state index < -0.39 is 0 Å². The van der Waals surface area contributed by atoms with Crippen molar-refractivity contribution in [3.8, 4) is 0 Å². The van der Waals surface area contributed by atoms with E-state index in [1.54, 1.807) is 0 Å². The molecule has 0 saturated carbocycles. The van der Waals surface area contributed by atoms with Crippen molar-refractivity contribution in [3.05, 3.63) is 29.3 Å². The zero-order valence-electron chi connectivity index (χ0n) is 12.1. The lowest BCUT2D eigenvalue weighted by Gasteiger charge is -2.31. The summed E-state index contributed by atoms with van der Waals surface area (Å²) in [5, 5.41) is 3.74. The van der Waals surface area contributed by atoms with Gasteiger partial charge in [-0.1, -0.05) is 33.8 Å². The Morgan fingerprint density at radius 3 is 2.78 bits per heavy atom. The maximum atomic E-state index is 5.84. The van der Waals surface area contributed by atoms with Crippen molar-refractivity contribution in [3.63, 3.8) is 0 Å². The quantitative estimate of drug-likeness (QED) is 0.798. The highest BCUT2D eigenvalue weighted by Gasteiger charge is 2.27. The van der Waals surface area contributed by atoms with E-state index in [1.165, 1.54) is 17.5 Å². The van der Waals surface area contributed by atoms with Crippen molar-refractivity contribution in [1.29, 1.82) is 0 Å². The maximum absolute atomic E-state index is 5.84. The number of hydrogen-bond donors (Lipinski definition) is 2. The number of anilines is 1. The first-order chi connectivity index (χ1) is 8.40. The van der Waals surface area contributed by atoms with E-state index >= 15 is 0 Å². The highest BCUT2D eigenvalue weighted by atomic mass is 14.9. The zero-order valence-corrected chi connectivity index (χ0v) is 12.1. The molecular weight excluding hydrogens is 220 g/mol. The third-order valence-corrected chi connectivity index (χ3v) is 4.61. The molecule has 0 spiro atoms. The third kappa shape index (κ3) is 2.69. The molecule has 100 valence electrons. The van der Waals surface area contributed by atoms with E-state index in [1.807, 2.05) is 6.07 Å². The van der Waals surface area contributed by atoms with Crippen LogP contribution in [-0.4, -0.2) is 6.54 Å². The van der Waals surface area contributed by atoms with E-state index in [0.29, 0.717) is 17.4 Å². The first-order valence-electron chi connectivity index (χ1n) is 7.02. The average molecular weight is 246 g/mol. The Labute approximate surface area is 111 Å². The Balaban J connectivity index is 2.02. The number of rotatable bonds is 4. The molecule has 1 atom stereocenters. The first-order valence-corrected chi connectivity index (χ1v) is 7.02. The second kappa shape index (κ2) is 4.93. The largest absolute Gasteiger partial charge is 0.399 e.